The highest BCUT2D eigenvalue weighted by atomic mass is 32.2. The molecule has 0 aliphatic heterocycles. The highest BCUT2D eigenvalue weighted by Crippen LogP contribution is 2.26. The average molecular weight is 271 g/mol. The summed E-state index contributed by atoms with van der Waals surface area (Å²) in [5.74, 6) is 0. The first-order valence-corrected chi connectivity index (χ1v) is 6.82. The minimum Gasteiger partial charge on any atom is -0.301 e. The third-order valence-corrected chi connectivity index (χ3v) is 3.46. The van der Waals surface area contributed by atoms with Crippen molar-refractivity contribution in [2.45, 2.75) is 29.8 Å². The van der Waals surface area contributed by atoms with Gasteiger partial charge >= 0.3 is 0 Å². The van der Waals surface area contributed by atoms with Gasteiger partial charge in [-0.05, 0) is 18.6 Å². The van der Waals surface area contributed by atoms with Crippen molar-refractivity contribution in [1.29, 1.82) is 5.26 Å². The topological polar surface area (TPSA) is 69.5 Å². The zero-order valence-electron chi connectivity index (χ0n) is 10.5. The fourth-order valence-electron chi connectivity index (χ4n) is 1.67. The number of nitriles is 1. The minimum absolute atomic E-state index is 0.157. The number of rotatable bonds is 4. The van der Waals surface area contributed by atoms with Crippen molar-refractivity contribution in [2.24, 2.45) is 0 Å². The summed E-state index contributed by atoms with van der Waals surface area (Å²) in [5, 5.41) is 9.56. The van der Waals surface area contributed by atoms with E-state index in [1.54, 1.807) is 6.07 Å². The van der Waals surface area contributed by atoms with Crippen molar-refractivity contribution in [3.8, 4) is 6.07 Å². The number of H-pyrrole nitrogens is 1. The van der Waals surface area contributed by atoms with Crippen LogP contribution in [0.5, 0.6) is 0 Å². The predicted octanol–water partition coefficient (Wildman–Crippen LogP) is 2.75. The number of hydrogen-bond acceptors (Lipinski definition) is 4. The SMILES string of the molecule is CCCc1cc(=O)[nH]c(Sc2ccccc2C#N)n1. The van der Waals surface area contributed by atoms with Crippen LogP contribution in [-0.4, -0.2) is 9.97 Å². The number of hydrogen-bond donors (Lipinski definition) is 1. The van der Waals surface area contributed by atoms with E-state index < -0.39 is 0 Å². The zero-order chi connectivity index (χ0) is 13.7. The monoisotopic (exact) mass is 271 g/mol. The lowest BCUT2D eigenvalue weighted by Crippen LogP contribution is -2.09. The molecule has 2 aromatic rings. The molecule has 96 valence electrons. The third-order valence-electron chi connectivity index (χ3n) is 2.49. The molecule has 0 unspecified atom stereocenters. The lowest BCUT2D eigenvalue weighted by Gasteiger charge is -2.04. The van der Waals surface area contributed by atoms with Gasteiger partial charge in [-0.3, -0.25) is 4.79 Å². The van der Waals surface area contributed by atoms with Crippen LogP contribution >= 0.6 is 11.8 Å². The van der Waals surface area contributed by atoms with Gasteiger partial charge in [-0.15, -0.1) is 0 Å². The van der Waals surface area contributed by atoms with E-state index in [2.05, 4.69) is 16.0 Å². The lowest BCUT2D eigenvalue weighted by molar-refractivity contribution is 0.816. The molecule has 0 radical (unpaired) electrons. The molecule has 4 nitrogen and oxygen atoms in total. The number of aromatic amines is 1. The summed E-state index contributed by atoms with van der Waals surface area (Å²) in [4.78, 5) is 19.4. The van der Waals surface area contributed by atoms with Crippen LogP contribution in [0.4, 0.5) is 0 Å². The molecule has 19 heavy (non-hydrogen) atoms. The van der Waals surface area contributed by atoms with Crippen LogP contribution in [0.1, 0.15) is 24.6 Å². The Morgan fingerprint density at radius 3 is 2.95 bits per heavy atom. The molecule has 1 heterocycles. The molecule has 0 spiro atoms. The fourth-order valence-corrected chi connectivity index (χ4v) is 2.56. The second-order valence-corrected chi connectivity index (χ2v) is 5.03. The molecular weight excluding hydrogens is 258 g/mol. The van der Waals surface area contributed by atoms with Crippen molar-refractivity contribution in [3.05, 3.63) is 51.9 Å². The van der Waals surface area contributed by atoms with E-state index in [0.29, 0.717) is 10.7 Å². The first-order chi connectivity index (χ1) is 9.22. The Morgan fingerprint density at radius 1 is 1.42 bits per heavy atom. The molecule has 0 aliphatic carbocycles. The first kappa shape index (κ1) is 13.4. The second kappa shape index (κ2) is 6.21. The maximum absolute atomic E-state index is 11.6. The molecule has 1 aromatic heterocycles. The van der Waals surface area contributed by atoms with Crippen molar-refractivity contribution in [3.63, 3.8) is 0 Å². The maximum Gasteiger partial charge on any atom is 0.251 e. The summed E-state index contributed by atoms with van der Waals surface area (Å²) in [7, 11) is 0. The first-order valence-electron chi connectivity index (χ1n) is 6.00. The Balaban J connectivity index is 2.33. The number of nitrogens with one attached hydrogen (secondary N) is 1. The van der Waals surface area contributed by atoms with Crippen LogP contribution in [0.15, 0.2) is 45.2 Å². The molecule has 0 bridgehead atoms. The number of aryl methyl sites for hydroxylation is 1. The molecule has 5 heteroatoms. The smallest absolute Gasteiger partial charge is 0.251 e. The molecule has 1 N–H and O–H groups in total. The summed E-state index contributed by atoms with van der Waals surface area (Å²) in [5.41, 5.74) is 1.20. The Bertz CT molecular complexity index is 673. The van der Waals surface area contributed by atoms with Gasteiger partial charge in [0.25, 0.3) is 5.56 Å². The van der Waals surface area contributed by atoms with Gasteiger partial charge in [0.2, 0.25) is 0 Å². The summed E-state index contributed by atoms with van der Waals surface area (Å²) in [6.07, 6.45) is 1.71. The normalized spacial score (nSPS) is 10.1. The lowest BCUT2D eigenvalue weighted by atomic mass is 10.2. The van der Waals surface area contributed by atoms with Gasteiger partial charge in [0, 0.05) is 16.7 Å². The van der Waals surface area contributed by atoms with Crippen LogP contribution < -0.4 is 5.56 Å². The molecule has 0 saturated heterocycles. The van der Waals surface area contributed by atoms with E-state index >= 15 is 0 Å². The molecular formula is C14H13N3OS. The standard InChI is InChI=1S/C14H13N3OS/c1-2-5-11-8-13(18)17-14(16-11)19-12-7-4-3-6-10(12)9-15/h3-4,6-8H,2,5H2,1H3,(H,16,17,18). The highest BCUT2D eigenvalue weighted by Gasteiger charge is 2.06. The van der Waals surface area contributed by atoms with E-state index in [1.807, 2.05) is 25.1 Å². The van der Waals surface area contributed by atoms with Crippen LogP contribution in [-0.2, 0) is 6.42 Å². The summed E-state index contributed by atoms with van der Waals surface area (Å²) in [6.45, 7) is 2.04. The van der Waals surface area contributed by atoms with Gasteiger partial charge in [-0.1, -0.05) is 37.2 Å². The zero-order valence-corrected chi connectivity index (χ0v) is 11.3. The van der Waals surface area contributed by atoms with Gasteiger partial charge in [-0.2, -0.15) is 5.26 Å². The molecule has 0 aliphatic rings. The predicted molar refractivity (Wildman–Crippen MR) is 74.1 cm³/mol. The second-order valence-electron chi connectivity index (χ2n) is 4.00. The van der Waals surface area contributed by atoms with Crippen molar-refractivity contribution >= 4 is 11.8 Å². The fraction of sp³-hybridized carbons (Fsp3) is 0.214. The van der Waals surface area contributed by atoms with Crippen molar-refractivity contribution < 1.29 is 0 Å². The Hall–Kier alpha value is -2.06. The summed E-state index contributed by atoms with van der Waals surface area (Å²) < 4.78 is 0. The molecule has 0 fully saturated rings. The molecule has 0 atom stereocenters. The molecule has 1 aromatic carbocycles. The minimum atomic E-state index is -0.157. The Kier molecular flexibility index (Phi) is 4.37. The third kappa shape index (κ3) is 3.46. The quantitative estimate of drug-likeness (QED) is 0.868. The molecule has 0 saturated carbocycles. The van der Waals surface area contributed by atoms with Gasteiger partial charge in [0.05, 0.1) is 5.56 Å². The van der Waals surface area contributed by atoms with E-state index in [-0.39, 0.29) is 5.56 Å². The highest BCUT2D eigenvalue weighted by molar-refractivity contribution is 7.99. The summed E-state index contributed by atoms with van der Waals surface area (Å²) in [6, 6.07) is 10.9. The van der Waals surface area contributed by atoms with E-state index in [0.717, 1.165) is 23.4 Å². The Labute approximate surface area is 115 Å². The van der Waals surface area contributed by atoms with Crippen LogP contribution in [0.3, 0.4) is 0 Å². The van der Waals surface area contributed by atoms with Crippen molar-refractivity contribution in [1.82, 2.24) is 9.97 Å². The molecule has 2 rings (SSSR count). The average Bonchev–Trinajstić information content (AvgIpc) is 2.39. The number of aromatic nitrogens is 2. The van der Waals surface area contributed by atoms with E-state index in [1.165, 1.54) is 17.8 Å². The van der Waals surface area contributed by atoms with Gasteiger partial charge in [0.1, 0.15) is 6.07 Å². The number of nitrogens with zero attached hydrogens (tertiary/aromatic N) is 2. The van der Waals surface area contributed by atoms with E-state index in [9.17, 15) is 4.79 Å². The van der Waals surface area contributed by atoms with Crippen LogP contribution in [0, 0.1) is 11.3 Å². The number of benzene rings is 1. The van der Waals surface area contributed by atoms with Gasteiger partial charge in [0.15, 0.2) is 5.16 Å². The van der Waals surface area contributed by atoms with Crippen LogP contribution in [0.25, 0.3) is 0 Å². The van der Waals surface area contributed by atoms with Gasteiger partial charge < -0.3 is 4.98 Å². The van der Waals surface area contributed by atoms with Crippen molar-refractivity contribution in [2.75, 3.05) is 0 Å². The Morgan fingerprint density at radius 2 is 2.21 bits per heavy atom. The van der Waals surface area contributed by atoms with Gasteiger partial charge in [-0.25, -0.2) is 4.98 Å². The molecule has 0 amide bonds. The largest absolute Gasteiger partial charge is 0.301 e. The van der Waals surface area contributed by atoms with E-state index in [4.69, 9.17) is 5.26 Å². The maximum atomic E-state index is 11.6. The summed E-state index contributed by atoms with van der Waals surface area (Å²) >= 11 is 1.30. The van der Waals surface area contributed by atoms with Crippen LogP contribution in [0.2, 0.25) is 0 Å².